The zero-order valence-electron chi connectivity index (χ0n) is 11.8. The van der Waals surface area contributed by atoms with Crippen LogP contribution in [0, 0.1) is 0 Å². The van der Waals surface area contributed by atoms with Gasteiger partial charge < -0.3 is 20.5 Å². The lowest BCUT2D eigenvalue weighted by Gasteiger charge is -2.18. The molecule has 1 aliphatic heterocycles. The van der Waals surface area contributed by atoms with Gasteiger partial charge in [-0.15, -0.1) is 11.3 Å². The minimum atomic E-state index is -0.450. The third kappa shape index (κ3) is 2.50. The van der Waals surface area contributed by atoms with Gasteiger partial charge in [-0.05, 0) is 24.6 Å². The van der Waals surface area contributed by atoms with Gasteiger partial charge in [-0.2, -0.15) is 0 Å². The number of nitrogen functional groups attached to an aromatic ring is 1. The average molecular weight is 318 g/mol. The summed E-state index contributed by atoms with van der Waals surface area (Å²) in [6, 6.07) is 5.34. The molecule has 0 saturated carbocycles. The van der Waals surface area contributed by atoms with Crippen molar-refractivity contribution in [2.45, 2.75) is 6.92 Å². The number of benzene rings is 1. The van der Waals surface area contributed by atoms with Gasteiger partial charge in [0.05, 0.1) is 12.3 Å². The number of nitrogens with two attached hydrogens (primary N) is 1. The van der Waals surface area contributed by atoms with Gasteiger partial charge in [-0.25, -0.2) is 4.79 Å². The van der Waals surface area contributed by atoms with E-state index < -0.39 is 5.97 Å². The first-order chi connectivity index (χ1) is 10.6. The number of fused-ring (bicyclic) bond motifs is 1. The second-order valence-electron chi connectivity index (χ2n) is 4.66. The number of carbonyl (C=O) groups is 2. The predicted octanol–water partition coefficient (Wildman–Crippen LogP) is 2.50. The van der Waals surface area contributed by atoms with Crippen molar-refractivity contribution < 1.29 is 19.1 Å². The summed E-state index contributed by atoms with van der Waals surface area (Å²) >= 11 is 1.28. The van der Waals surface area contributed by atoms with Gasteiger partial charge in [0.25, 0.3) is 5.91 Å². The number of hydrogen-bond donors (Lipinski definition) is 2. The molecule has 0 radical (unpaired) electrons. The Labute approximate surface area is 130 Å². The molecule has 0 saturated heterocycles. The maximum atomic E-state index is 12.1. The second-order valence-corrected chi connectivity index (χ2v) is 5.57. The molecule has 0 atom stereocenters. The Morgan fingerprint density at radius 2 is 2.32 bits per heavy atom. The van der Waals surface area contributed by atoms with Crippen molar-refractivity contribution in [1.29, 1.82) is 0 Å². The highest BCUT2D eigenvalue weighted by atomic mass is 32.1. The van der Waals surface area contributed by atoms with E-state index in [4.69, 9.17) is 15.2 Å². The number of esters is 1. The molecule has 7 heteroatoms. The van der Waals surface area contributed by atoms with Crippen LogP contribution in [0.1, 0.15) is 17.3 Å². The number of nitrogens with one attached hydrogen (secondary N) is 1. The van der Waals surface area contributed by atoms with Crippen LogP contribution in [0.4, 0.5) is 10.7 Å². The van der Waals surface area contributed by atoms with E-state index in [1.165, 1.54) is 11.3 Å². The fraction of sp³-hybridized carbons (Fsp3) is 0.200. The van der Waals surface area contributed by atoms with Crippen LogP contribution in [0.15, 0.2) is 23.6 Å². The van der Waals surface area contributed by atoms with Gasteiger partial charge in [0.1, 0.15) is 16.3 Å². The lowest BCUT2D eigenvalue weighted by Crippen LogP contribution is -2.25. The quantitative estimate of drug-likeness (QED) is 0.849. The number of hydrogen-bond acceptors (Lipinski definition) is 6. The third-order valence-electron chi connectivity index (χ3n) is 3.22. The Kier molecular flexibility index (Phi) is 3.72. The van der Waals surface area contributed by atoms with Crippen molar-refractivity contribution in [3.8, 4) is 16.9 Å². The molecule has 3 N–H and O–H groups in total. The number of rotatable bonds is 3. The Hall–Kier alpha value is -2.54. The largest absolute Gasteiger partial charge is 0.482 e. The van der Waals surface area contributed by atoms with Crippen LogP contribution in [-0.2, 0) is 9.53 Å². The summed E-state index contributed by atoms with van der Waals surface area (Å²) in [5, 5.41) is 4.95. The van der Waals surface area contributed by atoms with Crippen LogP contribution in [0.3, 0.4) is 0 Å². The van der Waals surface area contributed by atoms with E-state index in [-0.39, 0.29) is 19.1 Å². The molecule has 2 aromatic rings. The first-order valence-corrected chi connectivity index (χ1v) is 7.59. The van der Waals surface area contributed by atoms with Gasteiger partial charge in [-0.3, -0.25) is 4.79 Å². The molecule has 0 bridgehead atoms. The fourth-order valence-corrected chi connectivity index (χ4v) is 3.06. The molecule has 1 aromatic heterocycles. The Balaban J connectivity index is 2.03. The van der Waals surface area contributed by atoms with Crippen molar-refractivity contribution in [2.75, 3.05) is 24.3 Å². The van der Waals surface area contributed by atoms with E-state index in [2.05, 4.69) is 5.32 Å². The van der Waals surface area contributed by atoms with Crippen molar-refractivity contribution in [3.63, 3.8) is 0 Å². The van der Waals surface area contributed by atoms with Crippen molar-refractivity contribution in [2.24, 2.45) is 0 Å². The molecule has 1 aromatic carbocycles. The van der Waals surface area contributed by atoms with Gasteiger partial charge >= 0.3 is 5.97 Å². The normalized spacial score (nSPS) is 13.0. The van der Waals surface area contributed by atoms with Crippen LogP contribution < -0.4 is 15.8 Å². The molecule has 0 fully saturated rings. The summed E-state index contributed by atoms with van der Waals surface area (Å²) in [7, 11) is 0. The van der Waals surface area contributed by atoms with E-state index >= 15 is 0 Å². The first kappa shape index (κ1) is 14.4. The van der Waals surface area contributed by atoms with Crippen LogP contribution in [0.2, 0.25) is 0 Å². The van der Waals surface area contributed by atoms with E-state index in [1.54, 1.807) is 24.4 Å². The smallest absolute Gasteiger partial charge is 0.341 e. The average Bonchev–Trinajstić information content (AvgIpc) is 2.88. The second kappa shape index (κ2) is 5.69. The molecule has 0 unspecified atom stereocenters. The standard InChI is InChI=1S/C15H14N2O4S/c1-2-20-15(19)13-9(7-22-14(13)16)8-3-4-11-10(5-8)17-12(18)6-21-11/h3-5,7H,2,6,16H2,1H3,(H,17,18). The number of thiophene rings is 1. The van der Waals surface area contributed by atoms with Crippen molar-refractivity contribution in [3.05, 3.63) is 29.1 Å². The Bertz CT molecular complexity index is 754. The summed E-state index contributed by atoms with van der Waals surface area (Å²) in [5.41, 5.74) is 8.27. The molecule has 3 rings (SSSR count). The summed E-state index contributed by atoms with van der Waals surface area (Å²) in [5.74, 6) is -0.0569. The van der Waals surface area contributed by atoms with Crippen molar-refractivity contribution >= 4 is 33.9 Å². The fourth-order valence-electron chi connectivity index (χ4n) is 2.25. The van der Waals surface area contributed by atoms with Crippen LogP contribution >= 0.6 is 11.3 Å². The number of anilines is 2. The molecule has 114 valence electrons. The Morgan fingerprint density at radius 1 is 1.50 bits per heavy atom. The summed E-state index contributed by atoms with van der Waals surface area (Å²) in [4.78, 5) is 23.5. The van der Waals surface area contributed by atoms with Gasteiger partial charge in [0.2, 0.25) is 0 Å². The number of amides is 1. The topological polar surface area (TPSA) is 90.6 Å². The van der Waals surface area contributed by atoms with Crippen LogP contribution in [-0.4, -0.2) is 25.1 Å². The predicted molar refractivity (Wildman–Crippen MR) is 84.2 cm³/mol. The molecular weight excluding hydrogens is 304 g/mol. The molecule has 0 aliphatic carbocycles. The van der Waals surface area contributed by atoms with Gasteiger partial charge in [0, 0.05) is 10.9 Å². The van der Waals surface area contributed by atoms with Crippen molar-refractivity contribution in [1.82, 2.24) is 0 Å². The number of ether oxygens (including phenoxy) is 2. The SMILES string of the molecule is CCOC(=O)c1c(-c2ccc3c(c2)NC(=O)CO3)csc1N. The monoisotopic (exact) mass is 318 g/mol. The lowest BCUT2D eigenvalue weighted by molar-refractivity contribution is -0.118. The van der Waals surface area contributed by atoms with Gasteiger partial charge in [-0.1, -0.05) is 6.07 Å². The zero-order valence-corrected chi connectivity index (χ0v) is 12.7. The van der Waals surface area contributed by atoms with Crippen LogP contribution in [0.25, 0.3) is 11.1 Å². The minimum absolute atomic E-state index is 0.00578. The van der Waals surface area contributed by atoms with E-state index in [0.717, 1.165) is 5.56 Å². The van der Waals surface area contributed by atoms with Crippen LogP contribution in [0.5, 0.6) is 5.75 Å². The molecule has 6 nitrogen and oxygen atoms in total. The molecule has 2 heterocycles. The van der Waals surface area contributed by atoms with E-state index in [1.807, 2.05) is 6.07 Å². The zero-order chi connectivity index (χ0) is 15.7. The molecule has 1 aliphatic rings. The minimum Gasteiger partial charge on any atom is -0.482 e. The maximum Gasteiger partial charge on any atom is 0.341 e. The Morgan fingerprint density at radius 3 is 3.09 bits per heavy atom. The molecular formula is C15H14N2O4S. The summed E-state index contributed by atoms with van der Waals surface area (Å²) in [6.07, 6.45) is 0. The van der Waals surface area contributed by atoms with E-state index in [9.17, 15) is 9.59 Å². The molecule has 0 spiro atoms. The summed E-state index contributed by atoms with van der Waals surface area (Å²) in [6.45, 7) is 2.03. The molecule has 22 heavy (non-hydrogen) atoms. The highest BCUT2D eigenvalue weighted by Crippen LogP contribution is 2.38. The summed E-state index contributed by atoms with van der Waals surface area (Å²) < 4.78 is 10.4. The highest BCUT2D eigenvalue weighted by Gasteiger charge is 2.22. The lowest BCUT2D eigenvalue weighted by atomic mass is 10.0. The van der Waals surface area contributed by atoms with E-state index in [0.29, 0.717) is 27.6 Å². The highest BCUT2D eigenvalue weighted by molar-refractivity contribution is 7.14. The van der Waals surface area contributed by atoms with Gasteiger partial charge in [0.15, 0.2) is 6.61 Å². The number of carbonyl (C=O) groups excluding carboxylic acids is 2. The maximum absolute atomic E-state index is 12.1. The first-order valence-electron chi connectivity index (χ1n) is 6.71. The third-order valence-corrected chi connectivity index (χ3v) is 4.03. The molecule has 1 amide bonds.